The Morgan fingerprint density at radius 2 is 2.30 bits per heavy atom. The van der Waals surface area contributed by atoms with Crippen LogP contribution >= 0.6 is 11.8 Å². The lowest BCUT2D eigenvalue weighted by atomic mass is 10.2. The Bertz CT molecular complexity index is 558. The summed E-state index contributed by atoms with van der Waals surface area (Å²) in [5.41, 5.74) is 0.837. The van der Waals surface area contributed by atoms with Gasteiger partial charge in [0, 0.05) is 0 Å². The topological polar surface area (TPSA) is 72.3 Å². The predicted molar refractivity (Wildman–Crippen MR) is 79.8 cm³/mol. The van der Waals surface area contributed by atoms with Gasteiger partial charge in [0.05, 0.1) is 25.7 Å². The number of amidine groups is 1. The van der Waals surface area contributed by atoms with Gasteiger partial charge in [-0.3, -0.25) is 4.79 Å². The van der Waals surface area contributed by atoms with E-state index in [1.165, 1.54) is 11.8 Å². The van der Waals surface area contributed by atoms with Gasteiger partial charge in [-0.25, -0.2) is 0 Å². The summed E-state index contributed by atoms with van der Waals surface area (Å²) >= 11 is 1.33. The molecule has 1 aromatic rings. The minimum atomic E-state index is -0.0494. The maximum atomic E-state index is 11.0. The van der Waals surface area contributed by atoms with Crippen LogP contribution in [0, 0.1) is 0 Å². The van der Waals surface area contributed by atoms with Crippen molar-refractivity contribution in [1.82, 2.24) is 5.32 Å². The fourth-order valence-electron chi connectivity index (χ4n) is 1.57. The zero-order valence-corrected chi connectivity index (χ0v) is 12.1. The van der Waals surface area contributed by atoms with E-state index in [2.05, 4.69) is 15.5 Å². The molecule has 1 aromatic carbocycles. The van der Waals surface area contributed by atoms with Crippen molar-refractivity contribution in [2.24, 2.45) is 10.2 Å². The zero-order valence-electron chi connectivity index (χ0n) is 11.3. The molecule has 2 rings (SSSR count). The molecule has 6 nitrogen and oxygen atoms in total. The molecule has 0 bridgehead atoms. The Balaban J connectivity index is 2.07. The van der Waals surface area contributed by atoms with Crippen LogP contribution in [0.25, 0.3) is 0 Å². The van der Waals surface area contributed by atoms with Gasteiger partial charge in [0.1, 0.15) is 0 Å². The van der Waals surface area contributed by atoms with E-state index in [0.717, 1.165) is 5.56 Å². The van der Waals surface area contributed by atoms with E-state index in [1.54, 1.807) is 13.3 Å². The van der Waals surface area contributed by atoms with E-state index in [1.807, 2.05) is 25.1 Å². The van der Waals surface area contributed by atoms with E-state index >= 15 is 0 Å². The molecule has 0 spiro atoms. The zero-order chi connectivity index (χ0) is 14.4. The predicted octanol–water partition coefficient (Wildman–Crippen LogP) is 1.65. The molecule has 0 aromatic heterocycles. The van der Waals surface area contributed by atoms with Crippen LogP contribution in [0.1, 0.15) is 12.5 Å². The number of carbonyl (C=O) groups excluding carboxylic acids is 1. The molecule has 0 aliphatic carbocycles. The molecule has 1 heterocycles. The van der Waals surface area contributed by atoms with Gasteiger partial charge in [-0.15, -0.1) is 5.10 Å². The highest BCUT2D eigenvalue weighted by Gasteiger charge is 2.15. The summed E-state index contributed by atoms with van der Waals surface area (Å²) in [5.74, 6) is 1.68. The Morgan fingerprint density at radius 1 is 1.45 bits per heavy atom. The molecule has 1 aliphatic heterocycles. The lowest BCUT2D eigenvalue weighted by molar-refractivity contribution is -0.116. The van der Waals surface area contributed by atoms with Gasteiger partial charge in [-0.05, 0) is 30.7 Å². The van der Waals surface area contributed by atoms with Gasteiger partial charge >= 0.3 is 0 Å². The van der Waals surface area contributed by atoms with Gasteiger partial charge in [0.25, 0.3) is 0 Å². The highest BCUT2D eigenvalue weighted by Crippen LogP contribution is 2.27. The van der Waals surface area contributed by atoms with Crippen LogP contribution in [0.4, 0.5) is 0 Å². The molecule has 20 heavy (non-hydrogen) atoms. The first-order valence-corrected chi connectivity index (χ1v) is 7.06. The second-order valence-corrected chi connectivity index (χ2v) is 4.79. The first-order chi connectivity index (χ1) is 9.72. The molecule has 1 fully saturated rings. The third kappa shape index (κ3) is 3.74. The molecule has 1 amide bonds. The number of benzene rings is 1. The summed E-state index contributed by atoms with van der Waals surface area (Å²) < 4.78 is 10.7. The lowest BCUT2D eigenvalue weighted by Gasteiger charge is -2.09. The van der Waals surface area contributed by atoms with Crippen LogP contribution < -0.4 is 14.8 Å². The number of amides is 1. The Kier molecular flexibility index (Phi) is 5.00. The van der Waals surface area contributed by atoms with Crippen LogP contribution in [0.5, 0.6) is 11.5 Å². The van der Waals surface area contributed by atoms with Crippen molar-refractivity contribution in [2.75, 3.05) is 19.5 Å². The quantitative estimate of drug-likeness (QED) is 0.662. The van der Waals surface area contributed by atoms with Crippen molar-refractivity contribution >= 4 is 29.1 Å². The molecular formula is C13H15N3O3S. The summed E-state index contributed by atoms with van der Waals surface area (Å²) in [6, 6.07) is 5.50. The van der Waals surface area contributed by atoms with Crippen molar-refractivity contribution in [3.8, 4) is 11.5 Å². The standard InChI is InChI=1S/C13H15N3O3S/c1-3-19-10-5-4-9(6-11(10)18-2)7-14-16-13-15-12(17)8-20-13/h4-7H,3,8H2,1-2H3,(H,15,16,17)/b14-7+. The first-order valence-electron chi connectivity index (χ1n) is 6.07. The molecule has 7 heteroatoms. The van der Waals surface area contributed by atoms with Crippen molar-refractivity contribution in [3.05, 3.63) is 23.8 Å². The van der Waals surface area contributed by atoms with Crippen LogP contribution in [0.2, 0.25) is 0 Å². The second-order valence-electron chi connectivity index (χ2n) is 3.83. The summed E-state index contributed by atoms with van der Waals surface area (Å²) in [5, 5.41) is 11.0. The number of nitrogens with one attached hydrogen (secondary N) is 1. The maximum Gasteiger partial charge on any atom is 0.236 e. The molecule has 0 radical (unpaired) electrons. The van der Waals surface area contributed by atoms with Crippen LogP contribution in [0.3, 0.4) is 0 Å². The molecule has 106 valence electrons. The number of methoxy groups -OCH3 is 1. The highest BCUT2D eigenvalue weighted by atomic mass is 32.2. The fraction of sp³-hybridized carbons (Fsp3) is 0.308. The van der Waals surface area contributed by atoms with Crippen LogP contribution in [-0.2, 0) is 4.79 Å². The lowest BCUT2D eigenvalue weighted by Crippen LogP contribution is -2.19. The fourth-order valence-corrected chi connectivity index (χ4v) is 2.20. The first kappa shape index (κ1) is 14.4. The highest BCUT2D eigenvalue weighted by molar-refractivity contribution is 8.15. The maximum absolute atomic E-state index is 11.0. The SMILES string of the molecule is CCOc1ccc(/C=N/N=C2NC(=O)CS2)cc1OC. The van der Waals surface area contributed by atoms with Crippen LogP contribution in [0.15, 0.2) is 28.4 Å². The van der Waals surface area contributed by atoms with Gasteiger partial charge in [0.15, 0.2) is 16.7 Å². The van der Waals surface area contributed by atoms with Gasteiger partial charge in [-0.2, -0.15) is 5.10 Å². The van der Waals surface area contributed by atoms with Crippen molar-refractivity contribution in [3.63, 3.8) is 0 Å². The summed E-state index contributed by atoms with van der Waals surface area (Å²) in [4.78, 5) is 11.0. The Hall–Kier alpha value is -2.02. The molecule has 0 unspecified atom stereocenters. The second kappa shape index (κ2) is 6.95. The average Bonchev–Trinajstić information content (AvgIpc) is 2.86. The van der Waals surface area contributed by atoms with E-state index in [9.17, 15) is 4.79 Å². The monoisotopic (exact) mass is 293 g/mol. The van der Waals surface area contributed by atoms with Gasteiger partial charge < -0.3 is 14.8 Å². The van der Waals surface area contributed by atoms with Crippen molar-refractivity contribution in [2.45, 2.75) is 6.92 Å². The molecule has 0 saturated carbocycles. The largest absolute Gasteiger partial charge is 0.493 e. The van der Waals surface area contributed by atoms with Gasteiger partial charge in [-0.1, -0.05) is 11.8 Å². The molecule has 0 atom stereocenters. The summed E-state index contributed by atoms with van der Waals surface area (Å²) in [6.45, 7) is 2.49. The number of rotatable bonds is 5. The minimum Gasteiger partial charge on any atom is -0.493 e. The van der Waals surface area contributed by atoms with E-state index in [4.69, 9.17) is 9.47 Å². The summed E-state index contributed by atoms with van der Waals surface area (Å²) in [7, 11) is 1.59. The van der Waals surface area contributed by atoms with Crippen LogP contribution in [-0.4, -0.2) is 36.8 Å². The number of thioether (sulfide) groups is 1. The molecule has 1 saturated heterocycles. The normalized spacial score (nSPS) is 16.7. The van der Waals surface area contributed by atoms with E-state index in [-0.39, 0.29) is 5.91 Å². The van der Waals surface area contributed by atoms with Crippen molar-refractivity contribution in [1.29, 1.82) is 0 Å². The third-order valence-electron chi connectivity index (χ3n) is 2.43. The third-order valence-corrected chi connectivity index (χ3v) is 3.29. The number of carbonyl (C=O) groups is 1. The number of hydrogen-bond acceptors (Lipinski definition) is 6. The molecular weight excluding hydrogens is 278 g/mol. The molecule has 1 aliphatic rings. The number of nitrogens with zero attached hydrogens (tertiary/aromatic N) is 2. The minimum absolute atomic E-state index is 0.0494. The van der Waals surface area contributed by atoms with Crippen molar-refractivity contribution < 1.29 is 14.3 Å². The number of ether oxygens (including phenoxy) is 2. The Labute approximate surface area is 121 Å². The smallest absolute Gasteiger partial charge is 0.236 e. The average molecular weight is 293 g/mol. The summed E-state index contributed by atoms with van der Waals surface area (Å²) in [6.07, 6.45) is 1.59. The van der Waals surface area contributed by atoms with E-state index in [0.29, 0.717) is 29.0 Å². The number of hydrogen-bond donors (Lipinski definition) is 1. The molecule has 1 N–H and O–H groups in total. The van der Waals surface area contributed by atoms with E-state index < -0.39 is 0 Å². The van der Waals surface area contributed by atoms with Gasteiger partial charge in [0.2, 0.25) is 5.91 Å². The Morgan fingerprint density at radius 3 is 2.95 bits per heavy atom.